The number of hydrogen-bond acceptors (Lipinski definition) is 8. The Bertz CT molecular complexity index is 989. The molecule has 0 spiro atoms. The largest absolute Gasteiger partial charge is 0.486 e. The topological polar surface area (TPSA) is 138 Å². The highest BCUT2D eigenvalue weighted by Crippen LogP contribution is 2.37. The molecule has 2 N–H and O–H groups in total. The van der Waals surface area contributed by atoms with Gasteiger partial charge in [0.05, 0.1) is 16.7 Å². The highest BCUT2D eigenvalue weighted by atomic mass is 32.2. The lowest BCUT2D eigenvalue weighted by atomic mass is 9.95. The van der Waals surface area contributed by atoms with Crippen LogP contribution in [-0.2, 0) is 14.8 Å². The van der Waals surface area contributed by atoms with Crippen LogP contribution < -0.4 is 15.2 Å². The maximum Gasteiger partial charge on any atom is 0.243 e. The van der Waals surface area contributed by atoms with Crippen LogP contribution in [0.5, 0.6) is 11.5 Å². The molecule has 3 heterocycles. The molecule has 0 saturated carbocycles. The minimum Gasteiger partial charge on any atom is -0.486 e. The molecule has 0 radical (unpaired) electrons. The van der Waals surface area contributed by atoms with E-state index < -0.39 is 27.8 Å². The van der Waals surface area contributed by atoms with E-state index in [1.807, 2.05) is 0 Å². The summed E-state index contributed by atoms with van der Waals surface area (Å²) in [5, 5.41) is 3.71. The van der Waals surface area contributed by atoms with E-state index in [2.05, 4.69) is 10.1 Å². The summed E-state index contributed by atoms with van der Waals surface area (Å²) in [7, 11) is -3.87. The maximum absolute atomic E-state index is 13.1. The molecule has 27 heavy (non-hydrogen) atoms. The van der Waals surface area contributed by atoms with Crippen molar-refractivity contribution in [1.29, 1.82) is 0 Å². The number of fused-ring (bicyclic) bond motifs is 1. The van der Waals surface area contributed by atoms with E-state index in [0.29, 0.717) is 30.5 Å². The molecule has 4 rings (SSSR count). The lowest BCUT2D eigenvalue weighted by Crippen LogP contribution is -2.32. The Labute approximate surface area is 155 Å². The summed E-state index contributed by atoms with van der Waals surface area (Å²) in [5.74, 6) is -0.478. The summed E-state index contributed by atoms with van der Waals surface area (Å²) in [6, 6.07) is 4.43. The normalized spacial score (nSPS) is 22.7. The van der Waals surface area contributed by atoms with Crippen LogP contribution in [0.3, 0.4) is 0 Å². The van der Waals surface area contributed by atoms with Gasteiger partial charge in [-0.15, -0.1) is 0 Å². The molecule has 1 saturated heterocycles. The minimum absolute atomic E-state index is 0.0199. The molecule has 144 valence electrons. The molecule has 1 amide bonds. The molecule has 2 aliphatic heterocycles. The van der Waals surface area contributed by atoms with Crippen molar-refractivity contribution in [2.24, 2.45) is 11.7 Å². The SMILES string of the molecule is Cc1noc([C@@H]2CN(S(=O)(=O)c3ccc4c(c3)OCCO4)C[C@H]2C(N)=O)n1. The van der Waals surface area contributed by atoms with E-state index in [1.54, 1.807) is 13.0 Å². The molecule has 2 atom stereocenters. The molecule has 0 bridgehead atoms. The zero-order chi connectivity index (χ0) is 19.2. The Morgan fingerprint density at radius 1 is 1.22 bits per heavy atom. The Morgan fingerprint density at radius 2 is 1.96 bits per heavy atom. The molecule has 1 aromatic heterocycles. The first kappa shape index (κ1) is 17.7. The number of nitrogens with two attached hydrogens (primary N) is 1. The van der Waals surface area contributed by atoms with Gasteiger partial charge in [-0.25, -0.2) is 8.42 Å². The Kier molecular flexibility index (Phi) is 4.27. The molecule has 11 heteroatoms. The van der Waals surface area contributed by atoms with Crippen LogP contribution in [0.25, 0.3) is 0 Å². The molecule has 2 aliphatic rings. The first-order chi connectivity index (χ1) is 12.9. The third-order valence-corrected chi connectivity index (χ3v) is 6.49. The van der Waals surface area contributed by atoms with E-state index in [4.69, 9.17) is 19.7 Å². The number of hydrogen-bond donors (Lipinski definition) is 1. The van der Waals surface area contributed by atoms with Crippen LogP contribution >= 0.6 is 0 Å². The van der Waals surface area contributed by atoms with Crippen molar-refractivity contribution < 1.29 is 27.2 Å². The van der Waals surface area contributed by atoms with Crippen LogP contribution in [0.1, 0.15) is 17.6 Å². The number of primary amides is 1. The fourth-order valence-corrected chi connectivity index (χ4v) is 4.81. The smallest absolute Gasteiger partial charge is 0.243 e. The number of ether oxygens (including phenoxy) is 2. The van der Waals surface area contributed by atoms with Gasteiger partial charge in [-0.3, -0.25) is 4.79 Å². The van der Waals surface area contributed by atoms with Crippen LogP contribution in [0.4, 0.5) is 0 Å². The lowest BCUT2D eigenvalue weighted by Gasteiger charge is -2.21. The molecule has 0 aliphatic carbocycles. The van der Waals surface area contributed by atoms with Gasteiger partial charge in [-0.05, 0) is 19.1 Å². The minimum atomic E-state index is -3.87. The van der Waals surface area contributed by atoms with Gasteiger partial charge in [0.15, 0.2) is 17.3 Å². The molecule has 1 aromatic carbocycles. The summed E-state index contributed by atoms with van der Waals surface area (Å²) >= 11 is 0. The van der Waals surface area contributed by atoms with Crippen LogP contribution in [0.15, 0.2) is 27.6 Å². The third kappa shape index (κ3) is 3.12. The second-order valence-corrected chi connectivity index (χ2v) is 8.36. The van der Waals surface area contributed by atoms with Crippen molar-refractivity contribution >= 4 is 15.9 Å². The van der Waals surface area contributed by atoms with Gasteiger partial charge in [0.2, 0.25) is 21.8 Å². The van der Waals surface area contributed by atoms with Crippen molar-refractivity contribution in [2.45, 2.75) is 17.7 Å². The van der Waals surface area contributed by atoms with E-state index in [9.17, 15) is 13.2 Å². The second-order valence-electron chi connectivity index (χ2n) is 6.42. The van der Waals surface area contributed by atoms with Crippen molar-refractivity contribution in [2.75, 3.05) is 26.3 Å². The zero-order valence-electron chi connectivity index (χ0n) is 14.5. The van der Waals surface area contributed by atoms with Crippen molar-refractivity contribution in [3.05, 3.63) is 29.9 Å². The predicted molar refractivity (Wildman–Crippen MR) is 90.7 cm³/mol. The highest BCUT2D eigenvalue weighted by molar-refractivity contribution is 7.89. The first-order valence-corrected chi connectivity index (χ1v) is 9.79. The summed E-state index contributed by atoms with van der Waals surface area (Å²) < 4.78 is 43.4. The summed E-state index contributed by atoms with van der Waals surface area (Å²) in [5.41, 5.74) is 5.48. The van der Waals surface area contributed by atoms with Crippen LogP contribution in [0, 0.1) is 12.8 Å². The number of aryl methyl sites for hydroxylation is 1. The highest BCUT2D eigenvalue weighted by Gasteiger charge is 2.45. The average molecular weight is 394 g/mol. The number of carbonyl (C=O) groups is 1. The van der Waals surface area contributed by atoms with Gasteiger partial charge in [-0.1, -0.05) is 5.16 Å². The molecule has 10 nitrogen and oxygen atoms in total. The number of rotatable bonds is 4. The van der Waals surface area contributed by atoms with Gasteiger partial charge in [0.25, 0.3) is 0 Å². The van der Waals surface area contributed by atoms with Crippen molar-refractivity contribution in [3.8, 4) is 11.5 Å². The zero-order valence-corrected chi connectivity index (χ0v) is 15.3. The second kappa shape index (κ2) is 6.50. The Morgan fingerprint density at radius 3 is 2.63 bits per heavy atom. The number of benzene rings is 1. The fraction of sp³-hybridized carbons (Fsp3) is 0.438. The molecule has 2 aromatic rings. The number of nitrogens with zero attached hydrogens (tertiary/aromatic N) is 3. The summed E-state index contributed by atoms with van der Waals surface area (Å²) in [4.78, 5) is 16.0. The monoisotopic (exact) mass is 394 g/mol. The van der Waals surface area contributed by atoms with Crippen molar-refractivity contribution in [1.82, 2.24) is 14.4 Å². The number of amides is 1. The quantitative estimate of drug-likeness (QED) is 0.767. The Hall–Kier alpha value is -2.66. The molecule has 1 fully saturated rings. The van der Waals surface area contributed by atoms with Crippen molar-refractivity contribution in [3.63, 3.8) is 0 Å². The maximum atomic E-state index is 13.1. The molecular formula is C16H18N4O6S. The van der Waals surface area contributed by atoms with E-state index in [0.717, 1.165) is 0 Å². The van der Waals surface area contributed by atoms with E-state index in [-0.39, 0.29) is 23.9 Å². The lowest BCUT2D eigenvalue weighted by molar-refractivity contribution is -0.121. The van der Waals surface area contributed by atoms with Crippen LogP contribution in [-0.4, -0.2) is 55.1 Å². The average Bonchev–Trinajstić information content (AvgIpc) is 3.28. The molecular weight excluding hydrogens is 376 g/mol. The van der Waals surface area contributed by atoms with Gasteiger partial charge >= 0.3 is 0 Å². The van der Waals surface area contributed by atoms with E-state index >= 15 is 0 Å². The van der Waals surface area contributed by atoms with Gasteiger partial charge < -0.3 is 19.7 Å². The number of carbonyl (C=O) groups excluding carboxylic acids is 1. The Balaban J connectivity index is 1.65. The molecule has 0 unspecified atom stereocenters. The number of sulfonamides is 1. The standard InChI is InChI=1S/C16H18N4O6S/c1-9-18-16(26-19-9)12-8-20(7-11(12)15(17)21)27(22,23)10-2-3-13-14(6-10)25-5-4-24-13/h2-3,6,11-12H,4-5,7-8H2,1H3,(H2,17,21)/t11-,12-/m1/s1. The fourth-order valence-electron chi connectivity index (χ4n) is 3.30. The van der Waals surface area contributed by atoms with Crippen LogP contribution in [0.2, 0.25) is 0 Å². The van der Waals surface area contributed by atoms with Gasteiger partial charge in [0, 0.05) is 19.2 Å². The van der Waals surface area contributed by atoms with E-state index in [1.165, 1.54) is 16.4 Å². The van der Waals surface area contributed by atoms with Gasteiger partial charge in [0.1, 0.15) is 13.2 Å². The summed E-state index contributed by atoms with van der Waals surface area (Å²) in [6.07, 6.45) is 0. The third-order valence-electron chi connectivity index (χ3n) is 4.66. The summed E-state index contributed by atoms with van der Waals surface area (Å²) in [6.45, 7) is 2.37. The first-order valence-electron chi connectivity index (χ1n) is 8.35. The van der Waals surface area contributed by atoms with Gasteiger partial charge in [-0.2, -0.15) is 9.29 Å². The predicted octanol–water partition coefficient (Wildman–Crippen LogP) is 0.0388. The number of aromatic nitrogens is 2.